The molecule has 0 N–H and O–H groups in total. The van der Waals surface area contributed by atoms with Crippen molar-refractivity contribution in [3.63, 3.8) is 0 Å². The van der Waals surface area contributed by atoms with E-state index in [4.69, 9.17) is 0 Å². The van der Waals surface area contributed by atoms with Gasteiger partial charge in [-0.25, -0.2) is 0 Å². The Hall–Kier alpha value is -0.780. The number of rotatable bonds is 42. The highest BCUT2D eigenvalue weighted by atomic mass is 14.1. The SMILES string of the molecule is CCCCCCCCCCCCCCCCCCCCCCc1[c]cccc1CCCCCCCCCCCCCCCCCCCCCC. The topological polar surface area (TPSA) is 0 Å². The third kappa shape index (κ3) is 34.3. The Kier molecular flexibility index (Phi) is 38.7. The van der Waals surface area contributed by atoms with Gasteiger partial charge in [-0.2, -0.15) is 0 Å². The molecule has 0 unspecified atom stereocenters. The van der Waals surface area contributed by atoms with Crippen LogP contribution < -0.4 is 0 Å². The first-order chi connectivity index (χ1) is 24.9. The van der Waals surface area contributed by atoms with Gasteiger partial charge < -0.3 is 0 Å². The fourth-order valence-corrected chi connectivity index (χ4v) is 8.10. The molecule has 0 saturated heterocycles. The van der Waals surface area contributed by atoms with E-state index < -0.39 is 0 Å². The predicted octanol–water partition coefficient (Wildman–Crippen LogP) is 18.2. The van der Waals surface area contributed by atoms with E-state index >= 15 is 0 Å². The van der Waals surface area contributed by atoms with Crippen LogP contribution in [0.25, 0.3) is 0 Å². The third-order valence-corrected chi connectivity index (χ3v) is 11.6. The second-order valence-electron chi connectivity index (χ2n) is 16.6. The Labute approximate surface area is 317 Å². The fourth-order valence-electron chi connectivity index (χ4n) is 8.10. The van der Waals surface area contributed by atoms with Crippen molar-refractivity contribution < 1.29 is 0 Å². The highest BCUT2D eigenvalue weighted by Gasteiger charge is 2.03. The van der Waals surface area contributed by atoms with Crippen molar-refractivity contribution in [3.05, 3.63) is 35.4 Å². The molecule has 0 heteroatoms. The van der Waals surface area contributed by atoms with Gasteiger partial charge in [0.15, 0.2) is 0 Å². The summed E-state index contributed by atoms with van der Waals surface area (Å²) in [6.45, 7) is 4.62. The van der Waals surface area contributed by atoms with E-state index in [1.807, 2.05) is 0 Å². The van der Waals surface area contributed by atoms with Gasteiger partial charge in [-0.1, -0.05) is 276 Å². The Morgan fingerprint density at radius 1 is 0.300 bits per heavy atom. The van der Waals surface area contributed by atoms with Gasteiger partial charge in [0, 0.05) is 0 Å². The van der Waals surface area contributed by atoms with Crippen molar-refractivity contribution in [1.29, 1.82) is 0 Å². The van der Waals surface area contributed by atoms with Gasteiger partial charge in [-0.15, -0.1) is 0 Å². The highest BCUT2D eigenvalue weighted by molar-refractivity contribution is 5.26. The highest BCUT2D eigenvalue weighted by Crippen LogP contribution is 2.19. The van der Waals surface area contributed by atoms with Gasteiger partial charge in [0.1, 0.15) is 0 Å². The molecule has 0 bridgehead atoms. The standard InChI is InChI=1S/C50H93/c1-3-5-7-9-11-13-15-17-19-21-23-25-27-29-31-33-35-37-39-41-45-49-47-43-44-48-50(49)46-42-40-38-36-34-32-30-28-26-24-22-20-18-16-14-12-10-8-6-4-2/h43-44,47H,3-42,45-46H2,1-2H3. The molecule has 0 amide bonds. The maximum Gasteiger partial charge on any atom is -0.0146 e. The molecular weight excluding hydrogens is 601 g/mol. The van der Waals surface area contributed by atoms with E-state index in [9.17, 15) is 0 Å². The van der Waals surface area contributed by atoms with Gasteiger partial charge in [0.05, 0.1) is 0 Å². The maximum atomic E-state index is 3.61. The summed E-state index contributed by atoms with van der Waals surface area (Å²) in [6.07, 6.45) is 60.7. The summed E-state index contributed by atoms with van der Waals surface area (Å²) in [5.74, 6) is 0. The largest absolute Gasteiger partial charge is 0.0654 e. The molecule has 0 aromatic heterocycles. The molecule has 50 heavy (non-hydrogen) atoms. The normalized spacial score (nSPS) is 11.6. The van der Waals surface area contributed by atoms with Crippen LogP contribution in [0.5, 0.6) is 0 Å². The fraction of sp³-hybridized carbons (Fsp3) is 0.880. The van der Waals surface area contributed by atoms with E-state index in [0.29, 0.717) is 0 Å². The number of benzene rings is 1. The second kappa shape index (κ2) is 41.0. The average Bonchev–Trinajstić information content (AvgIpc) is 3.13. The van der Waals surface area contributed by atoms with Gasteiger partial charge in [0.2, 0.25) is 0 Å². The van der Waals surface area contributed by atoms with Crippen LogP contribution in [0.4, 0.5) is 0 Å². The minimum absolute atomic E-state index is 1.24. The van der Waals surface area contributed by atoms with Crippen molar-refractivity contribution in [1.82, 2.24) is 0 Å². The molecule has 0 aliphatic rings. The first kappa shape index (κ1) is 47.2. The third-order valence-electron chi connectivity index (χ3n) is 11.6. The van der Waals surface area contributed by atoms with Crippen LogP contribution in [0.2, 0.25) is 0 Å². The molecular formula is C50H93. The molecule has 293 valence electrons. The molecule has 0 atom stereocenters. The predicted molar refractivity (Wildman–Crippen MR) is 229 cm³/mol. The van der Waals surface area contributed by atoms with Crippen LogP contribution in [0, 0.1) is 6.07 Å². The van der Waals surface area contributed by atoms with E-state index in [0.717, 1.165) is 0 Å². The van der Waals surface area contributed by atoms with Crippen molar-refractivity contribution in [2.75, 3.05) is 0 Å². The van der Waals surface area contributed by atoms with Crippen LogP contribution in [-0.4, -0.2) is 0 Å². The number of hydrogen-bond donors (Lipinski definition) is 0. The first-order valence-electron chi connectivity index (χ1n) is 23.9. The molecule has 1 rings (SSSR count). The van der Waals surface area contributed by atoms with Crippen molar-refractivity contribution in [2.24, 2.45) is 0 Å². The summed E-state index contributed by atoms with van der Waals surface area (Å²) in [5.41, 5.74) is 3.11. The van der Waals surface area contributed by atoms with E-state index in [2.05, 4.69) is 38.1 Å². The molecule has 0 saturated carbocycles. The summed E-state index contributed by atoms with van der Waals surface area (Å²) in [5, 5.41) is 0. The lowest BCUT2D eigenvalue weighted by molar-refractivity contribution is 0.521. The lowest BCUT2D eigenvalue weighted by atomic mass is 9.96. The second-order valence-corrected chi connectivity index (χ2v) is 16.6. The minimum Gasteiger partial charge on any atom is -0.0654 e. The molecule has 0 spiro atoms. The lowest BCUT2D eigenvalue weighted by Crippen LogP contribution is -1.96. The quantitative estimate of drug-likeness (QED) is 0.0598. The van der Waals surface area contributed by atoms with Crippen LogP contribution in [0.3, 0.4) is 0 Å². The molecule has 0 heterocycles. The zero-order valence-electron chi connectivity index (χ0n) is 34.9. The van der Waals surface area contributed by atoms with Crippen LogP contribution >= 0.6 is 0 Å². The van der Waals surface area contributed by atoms with Crippen molar-refractivity contribution in [2.45, 2.75) is 284 Å². The molecule has 0 nitrogen and oxygen atoms in total. The Bertz CT molecular complexity index is 685. The lowest BCUT2D eigenvalue weighted by Gasteiger charge is -2.09. The number of unbranched alkanes of at least 4 members (excludes halogenated alkanes) is 38. The van der Waals surface area contributed by atoms with Crippen molar-refractivity contribution in [3.8, 4) is 0 Å². The summed E-state index contributed by atoms with van der Waals surface area (Å²) < 4.78 is 0. The summed E-state index contributed by atoms with van der Waals surface area (Å²) in [6, 6.07) is 10.4. The van der Waals surface area contributed by atoms with Gasteiger partial charge in [-0.05, 0) is 42.9 Å². The maximum absolute atomic E-state index is 3.61. The van der Waals surface area contributed by atoms with E-state index in [1.165, 1.54) is 275 Å². The zero-order valence-corrected chi connectivity index (χ0v) is 34.9. The molecule has 0 aliphatic heterocycles. The minimum atomic E-state index is 1.24. The van der Waals surface area contributed by atoms with Crippen LogP contribution in [-0.2, 0) is 12.8 Å². The van der Waals surface area contributed by atoms with Gasteiger partial charge >= 0.3 is 0 Å². The monoisotopic (exact) mass is 694 g/mol. The molecule has 0 fully saturated rings. The Morgan fingerprint density at radius 3 is 0.820 bits per heavy atom. The number of hydrogen-bond acceptors (Lipinski definition) is 0. The first-order valence-corrected chi connectivity index (χ1v) is 23.9. The van der Waals surface area contributed by atoms with Crippen LogP contribution in [0.1, 0.15) is 282 Å². The van der Waals surface area contributed by atoms with E-state index in [1.54, 1.807) is 5.56 Å². The van der Waals surface area contributed by atoms with Gasteiger partial charge in [-0.3, -0.25) is 0 Å². The van der Waals surface area contributed by atoms with Gasteiger partial charge in [0.25, 0.3) is 0 Å². The van der Waals surface area contributed by atoms with E-state index in [-0.39, 0.29) is 0 Å². The number of aryl methyl sites for hydroxylation is 2. The molecule has 1 aromatic rings. The Balaban J connectivity index is 1.83. The molecule has 1 radical (unpaired) electrons. The molecule has 0 aliphatic carbocycles. The molecule has 1 aromatic carbocycles. The summed E-state index contributed by atoms with van der Waals surface area (Å²) in [4.78, 5) is 0. The average molecular weight is 694 g/mol. The van der Waals surface area contributed by atoms with Crippen molar-refractivity contribution >= 4 is 0 Å². The summed E-state index contributed by atoms with van der Waals surface area (Å²) >= 11 is 0. The summed E-state index contributed by atoms with van der Waals surface area (Å²) in [7, 11) is 0. The Morgan fingerprint density at radius 2 is 0.540 bits per heavy atom. The van der Waals surface area contributed by atoms with Crippen LogP contribution in [0.15, 0.2) is 18.2 Å². The zero-order chi connectivity index (χ0) is 35.7. The smallest absolute Gasteiger partial charge is 0.0146 e.